The number of rotatable bonds is 4. The van der Waals surface area contributed by atoms with E-state index in [2.05, 4.69) is 18.9 Å². The summed E-state index contributed by atoms with van der Waals surface area (Å²) in [6.07, 6.45) is 3.79. The largest absolute Gasteiger partial charge is 0.395 e. The second-order valence-corrected chi connectivity index (χ2v) is 4.69. The maximum Gasteiger partial charge on any atom is 0.0558 e. The van der Waals surface area contributed by atoms with Gasteiger partial charge in [-0.1, -0.05) is 13.3 Å². The van der Waals surface area contributed by atoms with E-state index in [-0.39, 0.29) is 6.61 Å². The fourth-order valence-electron chi connectivity index (χ4n) is 2.55. The number of nitrogens with zero attached hydrogens (tertiary/aromatic N) is 1. The molecule has 0 radical (unpaired) electrons. The molecule has 3 unspecified atom stereocenters. The van der Waals surface area contributed by atoms with Crippen LogP contribution in [0.25, 0.3) is 0 Å². The van der Waals surface area contributed by atoms with E-state index in [1.54, 1.807) is 0 Å². The molecule has 0 aromatic heterocycles. The van der Waals surface area contributed by atoms with E-state index in [0.717, 1.165) is 19.0 Å². The molecule has 0 aromatic carbocycles. The topological polar surface area (TPSA) is 49.5 Å². The van der Waals surface area contributed by atoms with Crippen LogP contribution < -0.4 is 5.73 Å². The highest BCUT2D eigenvalue weighted by atomic mass is 16.3. The summed E-state index contributed by atoms with van der Waals surface area (Å²) in [6.45, 7) is 4.12. The molecule has 3 N–H and O–H groups in total. The Hall–Kier alpha value is -0.120. The van der Waals surface area contributed by atoms with Gasteiger partial charge in [-0.2, -0.15) is 0 Å². The van der Waals surface area contributed by atoms with Crippen LogP contribution in [0.5, 0.6) is 0 Å². The Morgan fingerprint density at radius 1 is 1.43 bits per heavy atom. The van der Waals surface area contributed by atoms with Crippen molar-refractivity contribution in [2.75, 3.05) is 26.7 Å². The SMILES string of the molecule is CC1CCC(CN)C(N(C)CCO)C1. The maximum absolute atomic E-state index is 8.92. The third kappa shape index (κ3) is 2.94. The average Bonchev–Trinajstić information content (AvgIpc) is 2.18. The third-order valence-electron chi connectivity index (χ3n) is 3.54. The first-order valence-electron chi connectivity index (χ1n) is 5.70. The van der Waals surface area contributed by atoms with Crippen molar-refractivity contribution >= 4 is 0 Å². The quantitative estimate of drug-likeness (QED) is 0.701. The molecule has 1 rings (SSSR count). The minimum atomic E-state index is 0.249. The molecule has 3 heteroatoms. The summed E-state index contributed by atoms with van der Waals surface area (Å²) >= 11 is 0. The summed E-state index contributed by atoms with van der Waals surface area (Å²) in [7, 11) is 2.10. The lowest BCUT2D eigenvalue weighted by molar-refractivity contribution is 0.0913. The van der Waals surface area contributed by atoms with Gasteiger partial charge in [0.25, 0.3) is 0 Å². The van der Waals surface area contributed by atoms with Gasteiger partial charge in [-0.05, 0) is 38.3 Å². The summed E-state index contributed by atoms with van der Waals surface area (Å²) in [4.78, 5) is 2.27. The highest BCUT2D eigenvalue weighted by Gasteiger charge is 2.29. The summed E-state index contributed by atoms with van der Waals surface area (Å²) in [5.74, 6) is 1.44. The third-order valence-corrected chi connectivity index (χ3v) is 3.54. The Kier molecular flexibility index (Phi) is 4.85. The maximum atomic E-state index is 8.92. The molecule has 0 bridgehead atoms. The van der Waals surface area contributed by atoms with E-state index in [1.165, 1.54) is 19.3 Å². The molecule has 0 heterocycles. The summed E-state index contributed by atoms with van der Waals surface area (Å²) in [5.41, 5.74) is 5.78. The van der Waals surface area contributed by atoms with Gasteiger partial charge in [0.1, 0.15) is 0 Å². The van der Waals surface area contributed by atoms with Gasteiger partial charge < -0.3 is 15.7 Å². The van der Waals surface area contributed by atoms with E-state index in [0.29, 0.717) is 12.0 Å². The number of aliphatic hydroxyl groups is 1. The van der Waals surface area contributed by atoms with Crippen molar-refractivity contribution in [2.24, 2.45) is 17.6 Å². The summed E-state index contributed by atoms with van der Waals surface area (Å²) in [5, 5.41) is 8.92. The van der Waals surface area contributed by atoms with Crippen molar-refractivity contribution in [3.8, 4) is 0 Å². The minimum Gasteiger partial charge on any atom is -0.395 e. The van der Waals surface area contributed by atoms with E-state index in [9.17, 15) is 0 Å². The standard InChI is InChI=1S/C11H24N2O/c1-9-3-4-10(8-12)11(7-9)13(2)5-6-14/h9-11,14H,3-8,12H2,1-2H3. The monoisotopic (exact) mass is 200 g/mol. The van der Waals surface area contributed by atoms with Crippen molar-refractivity contribution in [2.45, 2.75) is 32.2 Å². The average molecular weight is 200 g/mol. The van der Waals surface area contributed by atoms with Crippen LogP contribution in [-0.4, -0.2) is 42.8 Å². The molecule has 0 aliphatic heterocycles. The molecule has 1 aliphatic rings. The van der Waals surface area contributed by atoms with Crippen molar-refractivity contribution in [1.82, 2.24) is 4.90 Å². The van der Waals surface area contributed by atoms with E-state index >= 15 is 0 Å². The summed E-state index contributed by atoms with van der Waals surface area (Å²) < 4.78 is 0. The van der Waals surface area contributed by atoms with Crippen LogP contribution in [0.15, 0.2) is 0 Å². The summed E-state index contributed by atoms with van der Waals surface area (Å²) in [6, 6.07) is 0.580. The Morgan fingerprint density at radius 3 is 2.71 bits per heavy atom. The molecule has 84 valence electrons. The van der Waals surface area contributed by atoms with Gasteiger partial charge in [0.15, 0.2) is 0 Å². The number of hydrogen-bond donors (Lipinski definition) is 2. The van der Waals surface area contributed by atoms with Crippen LogP contribution in [0.4, 0.5) is 0 Å². The van der Waals surface area contributed by atoms with E-state index in [1.807, 2.05) is 0 Å². The number of nitrogens with two attached hydrogens (primary N) is 1. The molecule has 0 amide bonds. The van der Waals surface area contributed by atoms with Crippen LogP contribution in [0, 0.1) is 11.8 Å². The first-order chi connectivity index (χ1) is 6.69. The van der Waals surface area contributed by atoms with Gasteiger partial charge >= 0.3 is 0 Å². The zero-order chi connectivity index (χ0) is 10.6. The zero-order valence-electron chi connectivity index (χ0n) is 9.45. The predicted octanol–water partition coefficient (Wildman–Crippen LogP) is 0.674. The van der Waals surface area contributed by atoms with Gasteiger partial charge in [0.2, 0.25) is 0 Å². The fourth-order valence-corrected chi connectivity index (χ4v) is 2.55. The van der Waals surface area contributed by atoms with Crippen LogP contribution >= 0.6 is 0 Å². The Labute approximate surface area is 87.3 Å². The second-order valence-electron chi connectivity index (χ2n) is 4.69. The Bertz CT molecular complexity index is 163. The van der Waals surface area contributed by atoms with Crippen LogP contribution in [0.2, 0.25) is 0 Å². The molecule has 0 saturated heterocycles. The smallest absolute Gasteiger partial charge is 0.0558 e. The Morgan fingerprint density at radius 2 is 2.14 bits per heavy atom. The van der Waals surface area contributed by atoms with E-state index in [4.69, 9.17) is 10.8 Å². The van der Waals surface area contributed by atoms with Gasteiger partial charge in [0, 0.05) is 12.6 Å². The lowest BCUT2D eigenvalue weighted by atomic mass is 9.78. The molecule has 0 aromatic rings. The van der Waals surface area contributed by atoms with Crippen LogP contribution in [0.1, 0.15) is 26.2 Å². The lowest BCUT2D eigenvalue weighted by Gasteiger charge is -2.39. The van der Waals surface area contributed by atoms with Gasteiger partial charge in [-0.25, -0.2) is 0 Å². The second kappa shape index (κ2) is 5.69. The van der Waals surface area contributed by atoms with Crippen molar-refractivity contribution in [1.29, 1.82) is 0 Å². The fraction of sp³-hybridized carbons (Fsp3) is 1.00. The van der Waals surface area contributed by atoms with Gasteiger partial charge in [-0.15, -0.1) is 0 Å². The lowest BCUT2D eigenvalue weighted by Crippen LogP contribution is -2.45. The number of aliphatic hydroxyl groups excluding tert-OH is 1. The molecule has 14 heavy (non-hydrogen) atoms. The number of likely N-dealkylation sites (N-methyl/N-ethyl adjacent to an activating group) is 1. The van der Waals surface area contributed by atoms with Gasteiger partial charge in [0.05, 0.1) is 6.61 Å². The Balaban J connectivity index is 2.51. The minimum absolute atomic E-state index is 0.249. The highest BCUT2D eigenvalue weighted by Crippen LogP contribution is 2.30. The molecular formula is C11H24N2O. The predicted molar refractivity (Wildman–Crippen MR) is 59.1 cm³/mol. The van der Waals surface area contributed by atoms with Crippen molar-refractivity contribution in [3.63, 3.8) is 0 Å². The molecule has 1 saturated carbocycles. The number of hydrogen-bond acceptors (Lipinski definition) is 3. The first-order valence-corrected chi connectivity index (χ1v) is 5.70. The molecule has 3 nitrogen and oxygen atoms in total. The molecule has 0 spiro atoms. The normalized spacial score (nSPS) is 33.6. The highest BCUT2D eigenvalue weighted by molar-refractivity contribution is 4.85. The van der Waals surface area contributed by atoms with Crippen LogP contribution in [-0.2, 0) is 0 Å². The van der Waals surface area contributed by atoms with Crippen LogP contribution in [0.3, 0.4) is 0 Å². The molecule has 3 atom stereocenters. The van der Waals surface area contributed by atoms with Crippen molar-refractivity contribution < 1.29 is 5.11 Å². The first kappa shape index (κ1) is 12.0. The zero-order valence-corrected chi connectivity index (χ0v) is 9.45. The van der Waals surface area contributed by atoms with Gasteiger partial charge in [-0.3, -0.25) is 0 Å². The molecule has 1 fully saturated rings. The van der Waals surface area contributed by atoms with E-state index < -0.39 is 0 Å². The molecular weight excluding hydrogens is 176 g/mol. The molecule has 1 aliphatic carbocycles. The van der Waals surface area contributed by atoms with Crippen molar-refractivity contribution in [3.05, 3.63) is 0 Å².